The smallest absolute Gasteiger partial charge is 0.248 e. The van der Waals surface area contributed by atoms with Crippen LogP contribution in [-0.2, 0) is 29.1 Å². The summed E-state index contributed by atoms with van der Waals surface area (Å²) in [6, 6.07) is 12.2. The Labute approximate surface area is 197 Å². The van der Waals surface area contributed by atoms with Crippen LogP contribution in [0.2, 0.25) is 0 Å². The molecule has 0 aliphatic rings. The Morgan fingerprint density at radius 1 is 1.06 bits per heavy atom. The molecule has 2 aromatic carbocycles. The van der Waals surface area contributed by atoms with E-state index in [0.29, 0.717) is 25.2 Å². The van der Waals surface area contributed by atoms with Crippen LogP contribution in [0, 0.1) is 11.6 Å². The molecule has 1 atom stereocenters. The third-order valence-corrected chi connectivity index (χ3v) is 5.12. The number of hydrogen-bond donors (Lipinski definition) is 3. The Hall–Kier alpha value is -3.59. The number of amides is 2. The highest BCUT2D eigenvalue weighted by Gasteiger charge is 2.21. The van der Waals surface area contributed by atoms with Gasteiger partial charge in [-0.2, -0.15) is 0 Å². The number of imidazole rings is 1. The van der Waals surface area contributed by atoms with Crippen molar-refractivity contribution in [2.75, 3.05) is 11.9 Å². The Morgan fingerprint density at radius 2 is 1.79 bits per heavy atom. The zero-order valence-corrected chi connectivity index (χ0v) is 19.1. The van der Waals surface area contributed by atoms with Crippen molar-refractivity contribution in [2.24, 2.45) is 0 Å². The summed E-state index contributed by atoms with van der Waals surface area (Å²) < 4.78 is 28.6. The second-order valence-corrected chi connectivity index (χ2v) is 8.01. The van der Waals surface area contributed by atoms with E-state index >= 15 is 0 Å². The highest BCUT2D eigenvalue weighted by molar-refractivity contribution is 5.96. The number of carbonyl (C=O) groups excluding carboxylic acids is 2. The van der Waals surface area contributed by atoms with Crippen molar-refractivity contribution in [2.45, 2.75) is 45.3 Å². The van der Waals surface area contributed by atoms with Crippen LogP contribution in [-0.4, -0.2) is 34.0 Å². The number of nitrogens with one attached hydrogen (secondary N) is 3. The fraction of sp³-hybridized carbons (Fsp3) is 0.320. The normalized spacial score (nSPS) is 11.7. The Bertz CT molecular complexity index is 1070. The van der Waals surface area contributed by atoms with Gasteiger partial charge in [0.15, 0.2) is 5.82 Å². The van der Waals surface area contributed by atoms with Gasteiger partial charge in [-0.3, -0.25) is 9.59 Å². The van der Waals surface area contributed by atoms with Gasteiger partial charge in [0.1, 0.15) is 17.7 Å². The van der Waals surface area contributed by atoms with Crippen LogP contribution < -0.4 is 16.0 Å². The van der Waals surface area contributed by atoms with Crippen LogP contribution in [0.15, 0.2) is 61.1 Å². The van der Waals surface area contributed by atoms with Crippen molar-refractivity contribution in [1.29, 1.82) is 0 Å². The maximum absolute atomic E-state index is 13.4. The van der Waals surface area contributed by atoms with Crippen molar-refractivity contribution < 1.29 is 18.4 Å². The van der Waals surface area contributed by atoms with E-state index < -0.39 is 29.5 Å². The van der Waals surface area contributed by atoms with Crippen LogP contribution in [0.3, 0.4) is 0 Å². The molecular formula is C25H29F2N5O2. The van der Waals surface area contributed by atoms with Gasteiger partial charge in [0.25, 0.3) is 0 Å². The predicted octanol–water partition coefficient (Wildman–Crippen LogP) is 3.42. The molecule has 0 radical (unpaired) electrons. The average Bonchev–Trinajstić information content (AvgIpc) is 3.23. The van der Waals surface area contributed by atoms with Crippen molar-refractivity contribution in [3.63, 3.8) is 0 Å². The topological polar surface area (TPSA) is 88.0 Å². The minimum atomic E-state index is -0.784. The maximum atomic E-state index is 13.4. The van der Waals surface area contributed by atoms with E-state index in [1.807, 2.05) is 29.7 Å². The van der Waals surface area contributed by atoms with Crippen LogP contribution in [0.25, 0.3) is 0 Å². The fourth-order valence-corrected chi connectivity index (χ4v) is 3.50. The molecule has 3 rings (SSSR count). The summed E-state index contributed by atoms with van der Waals surface area (Å²) in [5.41, 5.74) is 1.40. The number of aromatic nitrogens is 2. The van der Waals surface area contributed by atoms with Crippen LogP contribution in [0.5, 0.6) is 0 Å². The minimum absolute atomic E-state index is 0.199. The van der Waals surface area contributed by atoms with Gasteiger partial charge < -0.3 is 20.5 Å². The molecule has 0 unspecified atom stereocenters. The third kappa shape index (κ3) is 8.08. The van der Waals surface area contributed by atoms with Crippen molar-refractivity contribution in [3.05, 3.63) is 83.8 Å². The van der Waals surface area contributed by atoms with E-state index in [-0.39, 0.29) is 12.0 Å². The molecule has 3 aromatic rings. The molecule has 1 heterocycles. The number of carbonyl (C=O) groups is 2. The molecule has 180 valence electrons. The predicted molar refractivity (Wildman–Crippen MR) is 126 cm³/mol. The van der Waals surface area contributed by atoms with Gasteiger partial charge in [0.05, 0.1) is 12.7 Å². The molecule has 0 spiro atoms. The standard InChI is InChI=1S/C25H29F2N5O2/c1-2-6-22(30-24(33)13-19-11-20(26)14-21(27)12-19)25(34)31-23-16-32(17-29-23)10-9-28-15-18-7-4-3-5-8-18/h3-5,7-8,11-12,14,16-17,22,28H,2,6,9-10,13,15H2,1H3,(H,30,33)(H,31,34)/t22-/m0/s1. The molecule has 0 saturated carbocycles. The number of anilines is 1. The molecule has 0 aliphatic carbocycles. The quantitative estimate of drug-likeness (QED) is 0.355. The Balaban J connectivity index is 1.47. The fourth-order valence-electron chi connectivity index (χ4n) is 3.50. The van der Waals surface area contributed by atoms with E-state index in [1.54, 1.807) is 12.5 Å². The SMILES string of the molecule is CCC[C@H](NC(=O)Cc1cc(F)cc(F)c1)C(=O)Nc1cn(CCNCc2ccccc2)cn1. The lowest BCUT2D eigenvalue weighted by Crippen LogP contribution is -2.44. The summed E-state index contributed by atoms with van der Waals surface area (Å²) >= 11 is 0. The van der Waals surface area contributed by atoms with Gasteiger partial charge in [0.2, 0.25) is 11.8 Å². The van der Waals surface area contributed by atoms with Crippen molar-refractivity contribution in [1.82, 2.24) is 20.2 Å². The minimum Gasteiger partial charge on any atom is -0.344 e. The molecule has 34 heavy (non-hydrogen) atoms. The van der Waals surface area contributed by atoms with Gasteiger partial charge in [-0.15, -0.1) is 0 Å². The zero-order valence-electron chi connectivity index (χ0n) is 19.1. The molecule has 0 fully saturated rings. The molecule has 0 aliphatic heterocycles. The first-order chi connectivity index (χ1) is 16.4. The van der Waals surface area contributed by atoms with Gasteiger partial charge in [-0.25, -0.2) is 13.8 Å². The van der Waals surface area contributed by atoms with Crippen molar-refractivity contribution >= 4 is 17.6 Å². The van der Waals surface area contributed by atoms with Crippen LogP contribution in [0.1, 0.15) is 30.9 Å². The first kappa shape index (κ1) is 25.0. The van der Waals surface area contributed by atoms with Crippen LogP contribution >= 0.6 is 0 Å². The highest BCUT2D eigenvalue weighted by Crippen LogP contribution is 2.10. The summed E-state index contributed by atoms with van der Waals surface area (Å²) in [5.74, 6) is -2.01. The first-order valence-electron chi connectivity index (χ1n) is 11.2. The molecule has 2 amide bonds. The second kappa shape index (κ2) is 12.6. The van der Waals surface area contributed by atoms with E-state index in [4.69, 9.17) is 0 Å². The van der Waals surface area contributed by atoms with Crippen molar-refractivity contribution in [3.8, 4) is 0 Å². The number of nitrogens with zero attached hydrogens (tertiary/aromatic N) is 2. The summed E-state index contributed by atoms with van der Waals surface area (Å²) in [6.45, 7) is 4.06. The first-order valence-corrected chi connectivity index (χ1v) is 11.2. The summed E-state index contributed by atoms with van der Waals surface area (Å²) in [7, 11) is 0. The molecule has 0 bridgehead atoms. The largest absolute Gasteiger partial charge is 0.344 e. The van der Waals surface area contributed by atoms with Crippen LogP contribution in [0.4, 0.5) is 14.6 Å². The number of hydrogen-bond acceptors (Lipinski definition) is 4. The Morgan fingerprint density at radius 3 is 2.50 bits per heavy atom. The third-order valence-electron chi connectivity index (χ3n) is 5.12. The zero-order chi connectivity index (χ0) is 24.3. The number of benzene rings is 2. The lowest BCUT2D eigenvalue weighted by atomic mass is 10.1. The number of halogens is 2. The van der Waals surface area contributed by atoms with E-state index in [2.05, 4.69) is 33.1 Å². The van der Waals surface area contributed by atoms with E-state index in [0.717, 1.165) is 31.3 Å². The summed E-state index contributed by atoms with van der Waals surface area (Å²) in [6.07, 6.45) is 4.20. The Kier molecular flexibility index (Phi) is 9.28. The lowest BCUT2D eigenvalue weighted by Gasteiger charge is -2.17. The molecule has 1 aromatic heterocycles. The number of rotatable bonds is 12. The molecule has 3 N–H and O–H groups in total. The summed E-state index contributed by atoms with van der Waals surface area (Å²) in [4.78, 5) is 29.3. The molecule has 9 heteroatoms. The maximum Gasteiger partial charge on any atom is 0.248 e. The van der Waals surface area contributed by atoms with E-state index in [9.17, 15) is 18.4 Å². The van der Waals surface area contributed by atoms with Gasteiger partial charge in [-0.05, 0) is 29.7 Å². The van der Waals surface area contributed by atoms with Gasteiger partial charge in [-0.1, -0.05) is 43.7 Å². The average molecular weight is 470 g/mol. The molecule has 7 nitrogen and oxygen atoms in total. The monoisotopic (exact) mass is 469 g/mol. The van der Waals surface area contributed by atoms with E-state index in [1.165, 1.54) is 5.56 Å². The molecule has 0 saturated heterocycles. The molecular weight excluding hydrogens is 440 g/mol. The van der Waals surface area contributed by atoms with Gasteiger partial charge >= 0.3 is 0 Å². The second-order valence-electron chi connectivity index (χ2n) is 8.01. The highest BCUT2D eigenvalue weighted by atomic mass is 19.1. The lowest BCUT2D eigenvalue weighted by molar-refractivity contribution is -0.126. The summed E-state index contributed by atoms with van der Waals surface area (Å²) in [5, 5.41) is 8.73. The van der Waals surface area contributed by atoms with Gasteiger partial charge in [0, 0.05) is 31.9 Å².